The molecule has 0 aromatic heterocycles. The molecule has 37 heavy (non-hydrogen) atoms. The van der Waals surface area contributed by atoms with Crippen molar-refractivity contribution in [3.63, 3.8) is 0 Å². The van der Waals surface area contributed by atoms with Gasteiger partial charge in [0.15, 0.2) is 16.7 Å². The quantitative estimate of drug-likeness (QED) is 0.310. The minimum absolute atomic E-state index is 0.0888. The van der Waals surface area contributed by atoms with Crippen LogP contribution in [0.3, 0.4) is 0 Å². The van der Waals surface area contributed by atoms with Crippen LogP contribution in [0.15, 0.2) is 56.8 Å². The monoisotopic (exact) mass is 582 g/mol. The Morgan fingerprint density at radius 1 is 1.03 bits per heavy atom. The van der Waals surface area contributed by atoms with Crippen molar-refractivity contribution in [2.45, 2.75) is 82.9 Å². The molecule has 0 unspecified atom stereocenters. The van der Waals surface area contributed by atoms with E-state index < -0.39 is 0 Å². The molecule has 0 spiro atoms. The predicted molar refractivity (Wildman–Crippen MR) is 155 cm³/mol. The van der Waals surface area contributed by atoms with Crippen LogP contribution in [0.2, 0.25) is 0 Å². The number of carbonyl (C=O) groups is 1. The van der Waals surface area contributed by atoms with Crippen LogP contribution in [0.25, 0.3) is 6.08 Å². The van der Waals surface area contributed by atoms with Crippen LogP contribution in [0.1, 0.15) is 75.3 Å². The van der Waals surface area contributed by atoms with Crippen molar-refractivity contribution in [3.8, 4) is 11.5 Å². The van der Waals surface area contributed by atoms with E-state index in [-0.39, 0.29) is 11.9 Å². The summed E-state index contributed by atoms with van der Waals surface area (Å²) in [6.45, 7) is 0.446. The van der Waals surface area contributed by atoms with Gasteiger partial charge in [-0.05, 0) is 82.7 Å². The first-order chi connectivity index (χ1) is 18.1. The number of aliphatic imine (C=N–C) groups is 1. The first kappa shape index (κ1) is 26.4. The van der Waals surface area contributed by atoms with E-state index in [1.54, 1.807) is 18.9 Å². The van der Waals surface area contributed by atoms with Crippen molar-refractivity contribution >= 4 is 44.8 Å². The fraction of sp³-hybridized carbons (Fsp3) is 0.467. The summed E-state index contributed by atoms with van der Waals surface area (Å²) in [5.74, 6) is 1.38. The molecule has 0 radical (unpaired) electrons. The largest absolute Gasteiger partial charge is 0.493 e. The second kappa shape index (κ2) is 12.5. The number of benzene rings is 2. The zero-order valence-corrected chi connectivity index (χ0v) is 23.9. The Bertz CT molecular complexity index is 1150. The van der Waals surface area contributed by atoms with Gasteiger partial charge in [-0.1, -0.05) is 68.9 Å². The number of rotatable bonds is 7. The Morgan fingerprint density at radius 2 is 1.73 bits per heavy atom. The summed E-state index contributed by atoms with van der Waals surface area (Å²) in [5, 5.41) is 0.906. The zero-order valence-electron chi connectivity index (χ0n) is 21.5. The molecule has 7 heteroatoms. The molecule has 2 aliphatic carbocycles. The average molecular weight is 584 g/mol. The number of nitrogens with zero attached hydrogens (tertiary/aromatic N) is 2. The molecule has 2 aromatic carbocycles. The summed E-state index contributed by atoms with van der Waals surface area (Å²) in [6, 6.07) is 14.6. The van der Waals surface area contributed by atoms with Gasteiger partial charge in [-0.25, -0.2) is 0 Å². The summed E-state index contributed by atoms with van der Waals surface area (Å²) < 4.78 is 12.6. The Kier molecular flexibility index (Phi) is 8.93. The second-order valence-electron chi connectivity index (χ2n) is 10.1. The fourth-order valence-corrected chi connectivity index (χ4v) is 7.13. The Morgan fingerprint density at radius 3 is 2.43 bits per heavy atom. The van der Waals surface area contributed by atoms with Crippen LogP contribution in [0.4, 0.5) is 0 Å². The van der Waals surface area contributed by atoms with Gasteiger partial charge in [-0.15, -0.1) is 0 Å². The molecule has 2 saturated carbocycles. The summed E-state index contributed by atoms with van der Waals surface area (Å²) >= 11 is 5.21. The Balaban J connectivity index is 1.40. The molecule has 0 atom stereocenters. The smallest absolute Gasteiger partial charge is 0.266 e. The highest BCUT2D eigenvalue weighted by atomic mass is 79.9. The number of amidine groups is 1. The Labute approximate surface area is 232 Å². The molecular weight excluding hydrogens is 548 g/mol. The van der Waals surface area contributed by atoms with Crippen LogP contribution < -0.4 is 9.47 Å². The van der Waals surface area contributed by atoms with Gasteiger partial charge in [-0.2, -0.15) is 0 Å². The van der Waals surface area contributed by atoms with Crippen LogP contribution in [0.5, 0.6) is 11.5 Å². The third-order valence-corrected chi connectivity index (χ3v) is 9.01. The fourth-order valence-electron chi connectivity index (χ4n) is 5.45. The SMILES string of the molecule is COc1cc(C=C2SC(=NC3CCCCC3)N(C3CCCCC3)C2=O)cc(Br)c1OCc1ccccc1. The van der Waals surface area contributed by atoms with Crippen molar-refractivity contribution in [2.75, 3.05) is 7.11 Å². The van der Waals surface area contributed by atoms with Crippen LogP contribution in [0, 0.1) is 0 Å². The van der Waals surface area contributed by atoms with E-state index >= 15 is 0 Å². The molecule has 1 amide bonds. The molecule has 1 saturated heterocycles. The molecule has 3 aliphatic rings. The van der Waals surface area contributed by atoms with E-state index in [4.69, 9.17) is 14.5 Å². The van der Waals surface area contributed by atoms with E-state index in [0.29, 0.717) is 24.1 Å². The molecule has 1 aliphatic heterocycles. The van der Waals surface area contributed by atoms with E-state index in [9.17, 15) is 4.79 Å². The van der Waals surface area contributed by atoms with Gasteiger partial charge in [0.25, 0.3) is 5.91 Å². The van der Waals surface area contributed by atoms with Gasteiger partial charge >= 0.3 is 0 Å². The van der Waals surface area contributed by atoms with Crippen LogP contribution in [-0.4, -0.2) is 35.2 Å². The highest BCUT2D eigenvalue weighted by Crippen LogP contribution is 2.41. The third-order valence-electron chi connectivity index (χ3n) is 7.42. The molecular formula is C30H35BrN2O3S. The number of halogens is 1. The van der Waals surface area contributed by atoms with Gasteiger partial charge in [0, 0.05) is 6.04 Å². The number of hydrogen-bond donors (Lipinski definition) is 0. The molecule has 3 fully saturated rings. The molecule has 0 bridgehead atoms. The number of amides is 1. The van der Waals surface area contributed by atoms with Crippen molar-refractivity contribution in [2.24, 2.45) is 4.99 Å². The van der Waals surface area contributed by atoms with Gasteiger partial charge in [0.05, 0.1) is 22.5 Å². The van der Waals surface area contributed by atoms with Gasteiger partial charge in [0.2, 0.25) is 0 Å². The van der Waals surface area contributed by atoms with Crippen molar-refractivity contribution in [1.82, 2.24) is 4.90 Å². The molecule has 2 aromatic rings. The first-order valence-corrected chi connectivity index (χ1v) is 15.1. The summed E-state index contributed by atoms with van der Waals surface area (Å²) in [4.78, 5) is 21.6. The summed E-state index contributed by atoms with van der Waals surface area (Å²) in [7, 11) is 1.64. The van der Waals surface area contributed by atoms with Gasteiger partial charge < -0.3 is 9.47 Å². The second-order valence-corrected chi connectivity index (χ2v) is 12.0. The molecule has 0 N–H and O–H groups in total. The van der Waals surface area contributed by atoms with E-state index in [1.807, 2.05) is 53.4 Å². The number of methoxy groups -OCH3 is 1. The lowest BCUT2D eigenvalue weighted by atomic mass is 9.94. The number of ether oxygens (including phenoxy) is 2. The van der Waals surface area contributed by atoms with E-state index in [2.05, 4.69) is 15.9 Å². The number of thioether (sulfide) groups is 1. The standard InChI is InChI=1S/C30H35BrN2O3S/c1-35-26-18-22(17-25(31)28(26)36-20-21-11-5-2-6-12-21)19-27-29(34)33(24-15-9-4-10-16-24)30(37-27)32-23-13-7-3-8-14-23/h2,5-6,11-12,17-19,23-24H,3-4,7-10,13-16,20H2,1H3. The van der Waals surface area contributed by atoms with Crippen molar-refractivity contribution < 1.29 is 14.3 Å². The number of hydrogen-bond acceptors (Lipinski definition) is 5. The Hall–Kier alpha value is -2.25. The predicted octanol–water partition coefficient (Wildman–Crippen LogP) is 7.97. The first-order valence-electron chi connectivity index (χ1n) is 13.5. The lowest BCUT2D eigenvalue weighted by Crippen LogP contribution is -2.41. The minimum Gasteiger partial charge on any atom is -0.493 e. The molecule has 196 valence electrons. The minimum atomic E-state index is 0.0888. The highest BCUT2D eigenvalue weighted by Gasteiger charge is 2.39. The summed E-state index contributed by atoms with van der Waals surface area (Å²) in [5.41, 5.74) is 1.98. The summed E-state index contributed by atoms with van der Waals surface area (Å²) in [6.07, 6.45) is 13.8. The van der Waals surface area contributed by atoms with Crippen molar-refractivity contribution in [3.05, 3.63) is 63.0 Å². The lowest BCUT2D eigenvalue weighted by molar-refractivity contribution is -0.124. The lowest BCUT2D eigenvalue weighted by Gasteiger charge is -2.31. The maximum Gasteiger partial charge on any atom is 0.266 e. The molecule has 5 nitrogen and oxygen atoms in total. The van der Waals surface area contributed by atoms with E-state index in [0.717, 1.165) is 51.4 Å². The molecule has 5 rings (SSSR count). The maximum absolute atomic E-state index is 13.7. The number of carbonyl (C=O) groups excluding carboxylic acids is 1. The van der Waals surface area contributed by atoms with Crippen LogP contribution in [-0.2, 0) is 11.4 Å². The normalized spacial score (nSPS) is 21.7. The van der Waals surface area contributed by atoms with E-state index in [1.165, 1.54) is 38.5 Å². The average Bonchev–Trinajstić information content (AvgIpc) is 3.23. The van der Waals surface area contributed by atoms with Gasteiger partial charge in [-0.3, -0.25) is 14.7 Å². The maximum atomic E-state index is 13.7. The van der Waals surface area contributed by atoms with Crippen LogP contribution >= 0.6 is 27.7 Å². The zero-order chi connectivity index (χ0) is 25.6. The molecule has 1 heterocycles. The van der Waals surface area contributed by atoms with Gasteiger partial charge in [0.1, 0.15) is 6.61 Å². The topological polar surface area (TPSA) is 51.1 Å². The third kappa shape index (κ3) is 6.43. The van der Waals surface area contributed by atoms with Crippen molar-refractivity contribution in [1.29, 1.82) is 0 Å². The highest BCUT2D eigenvalue weighted by molar-refractivity contribution is 9.10.